The lowest BCUT2D eigenvalue weighted by Gasteiger charge is -2.13. The van der Waals surface area contributed by atoms with Gasteiger partial charge in [-0.3, -0.25) is 4.79 Å². The highest BCUT2D eigenvalue weighted by Gasteiger charge is 2.13. The van der Waals surface area contributed by atoms with Gasteiger partial charge in [0.25, 0.3) is 5.91 Å². The fraction of sp³-hybridized carbons (Fsp3) is 0.185. The first-order valence-corrected chi connectivity index (χ1v) is 11.8. The van der Waals surface area contributed by atoms with E-state index in [-0.39, 0.29) is 6.61 Å². The van der Waals surface area contributed by atoms with Crippen molar-refractivity contribution in [2.75, 3.05) is 20.3 Å². The molecule has 0 unspecified atom stereocenters. The van der Waals surface area contributed by atoms with Crippen LogP contribution in [-0.2, 0) is 6.61 Å². The molecular formula is C27H26Cl2N2O5. The zero-order chi connectivity index (χ0) is 25.9. The number of methoxy groups -OCH3 is 1. The number of ether oxygens (including phenoxy) is 4. The Morgan fingerprint density at radius 2 is 1.78 bits per heavy atom. The number of rotatable bonds is 12. The van der Waals surface area contributed by atoms with Crippen molar-refractivity contribution >= 4 is 35.3 Å². The van der Waals surface area contributed by atoms with Crippen molar-refractivity contribution in [3.8, 4) is 23.0 Å². The van der Waals surface area contributed by atoms with Gasteiger partial charge in [-0.05, 0) is 60.5 Å². The van der Waals surface area contributed by atoms with E-state index >= 15 is 0 Å². The zero-order valence-electron chi connectivity index (χ0n) is 19.9. The topological polar surface area (TPSA) is 78.4 Å². The zero-order valence-corrected chi connectivity index (χ0v) is 21.4. The van der Waals surface area contributed by atoms with Crippen molar-refractivity contribution < 1.29 is 23.7 Å². The van der Waals surface area contributed by atoms with E-state index in [1.165, 1.54) is 13.3 Å². The smallest absolute Gasteiger partial charge is 0.271 e. The van der Waals surface area contributed by atoms with Crippen molar-refractivity contribution in [3.63, 3.8) is 0 Å². The third kappa shape index (κ3) is 7.41. The van der Waals surface area contributed by atoms with Crippen LogP contribution in [-0.4, -0.2) is 32.4 Å². The molecule has 188 valence electrons. The molecule has 1 amide bonds. The minimum absolute atomic E-state index is 0.290. The van der Waals surface area contributed by atoms with Crippen molar-refractivity contribution in [1.82, 2.24) is 5.43 Å². The van der Waals surface area contributed by atoms with Gasteiger partial charge in [-0.1, -0.05) is 48.0 Å². The summed E-state index contributed by atoms with van der Waals surface area (Å²) < 4.78 is 22.4. The van der Waals surface area contributed by atoms with Crippen LogP contribution in [0.15, 0.2) is 72.4 Å². The Morgan fingerprint density at radius 1 is 1.00 bits per heavy atom. The number of benzene rings is 3. The van der Waals surface area contributed by atoms with Crippen molar-refractivity contribution in [1.29, 1.82) is 0 Å². The summed E-state index contributed by atoms with van der Waals surface area (Å²) in [6.45, 7) is 6.52. The van der Waals surface area contributed by atoms with Gasteiger partial charge in [0.2, 0.25) is 0 Å². The first kappa shape index (κ1) is 26.9. The van der Waals surface area contributed by atoms with E-state index in [1.54, 1.807) is 48.5 Å². The standard InChI is InChI=1S/C27H26Cl2N2O5/c1-4-12-35-23-11-8-20(15-24(23)34-5-2)27(32)31-30-16-19-13-22(29)26(25(14-19)33-3)36-17-18-6-9-21(28)10-7-18/h4,6-11,13-16H,1,5,12,17H2,2-3H3,(H,31,32)/b30-16+. The predicted octanol–water partition coefficient (Wildman–Crippen LogP) is 6.31. The second-order valence-corrected chi connectivity index (χ2v) is 8.19. The summed E-state index contributed by atoms with van der Waals surface area (Å²) in [6, 6.07) is 15.6. The van der Waals surface area contributed by atoms with Crippen LogP contribution in [0.25, 0.3) is 0 Å². The Labute approximate surface area is 220 Å². The lowest BCUT2D eigenvalue weighted by molar-refractivity contribution is 0.0954. The van der Waals surface area contributed by atoms with Gasteiger partial charge in [0.05, 0.1) is 25.0 Å². The summed E-state index contributed by atoms with van der Waals surface area (Å²) in [5.74, 6) is 1.40. The molecule has 0 saturated carbocycles. The number of nitrogens with zero attached hydrogens (tertiary/aromatic N) is 1. The third-order valence-electron chi connectivity index (χ3n) is 4.79. The highest BCUT2D eigenvalue weighted by atomic mass is 35.5. The van der Waals surface area contributed by atoms with Crippen LogP contribution in [0, 0.1) is 0 Å². The van der Waals surface area contributed by atoms with E-state index in [2.05, 4.69) is 17.1 Å². The number of hydrazone groups is 1. The fourth-order valence-electron chi connectivity index (χ4n) is 3.11. The van der Waals surface area contributed by atoms with E-state index in [9.17, 15) is 4.79 Å². The molecular weight excluding hydrogens is 503 g/mol. The lowest BCUT2D eigenvalue weighted by Crippen LogP contribution is -2.17. The first-order valence-electron chi connectivity index (χ1n) is 11.0. The molecule has 0 aliphatic heterocycles. The molecule has 0 radical (unpaired) electrons. The average Bonchev–Trinajstić information content (AvgIpc) is 2.88. The van der Waals surface area contributed by atoms with Gasteiger partial charge in [0, 0.05) is 10.6 Å². The van der Waals surface area contributed by atoms with Gasteiger partial charge in [0.15, 0.2) is 23.0 Å². The number of halogens is 2. The van der Waals surface area contributed by atoms with E-state index < -0.39 is 5.91 Å². The average molecular weight is 529 g/mol. The Kier molecular flexibility index (Phi) is 10.0. The molecule has 3 aromatic carbocycles. The summed E-state index contributed by atoms with van der Waals surface area (Å²) in [5.41, 5.74) is 4.40. The molecule has 3 rings (SSSR count). The van der Waals surface area contributed by atoms with Crippen LogP contribution in [0.4, 0.5) is 0 Å². The van der Waals surface area contributed by atoms with Crippen LogP contribution in [0.2, 0.25) is 10.0 Å². The second-order valence-electron chi connectivity index (χ2n) is 7.34. The van der Waals surface area contributed by atoms with E-state index in [4.69, 9.17) is 42.1 Å². The van der Waals surface area contributed by atoms with Crippen molar-refractivity contribution in [3.05, 3.63) is 94.0 Å². The molecule has 0 aliphatic carbocycles. The number of carbonyl (C=O) groups is 1. The molecule has 9 heteroatoms. The van der Waals surface area contributed by atoms with Gasteiger partial charge in [-0.2, -0.15) is 5.10 Å². The Hall–Kier alpha value is -3.68. The summed E-state index contributed by atoms with van der Waals surface area (Å²) in [5, 5.41) is 5.02. The van der Waals surface area contributed by atoms with E-state index in [1.807, 2.05) is 19.1 Å². The van der Waals surface area contributed by atoms with Gasteiger partial charge >= 0.3 is 0 Å². The Bertz CT molecular complexity index is 1230. The molecule has 0 fully saturated rings. The number of amides is 1. The molecule has 0 atom stereocenters. The molecule has 0 aromatic heterocycles. The summed E-state index contributed by atoms with van der Waals surface area (Å²) in [7, 11) is 1.52. The van der Waals surface area contributed by atoms with Gasteiger partial charge in [-0.25, -0.2) is 5.43 Å². The maximum Gasteiger partial charge on any atom is 0.271 e. The van der Waals surface area contributed by atoms with Gasteiger partial charge < -0.3 is 18.9 Å². The van der Waals surface area contributed by atoms with E-state index in [0.717, 1.165) is 5.56 Å². The molecule has 3 aromatic rings. The minimum Gasteiger partial charge on any atom is -0.493 e. The monoisotopic (exact) mass is 528 g/mol. The van der Waals surface area contributed by atoms with Crippen LogP contribution in [0.5, 0.6) is 23.0 Å². The maximum absolute atomic E-state index is 12.6. The fourth-order valence-corrected chi connectivity index (χ4v) is 3.51. The van der Waals surface area contributed by atoms with Crippen LogP contribution in [0.3, 0.4) is 0 Å². The second kappa shape index (κ2) is 13.4. The van der Waals surface area contributed by atoms with Gasteiger partial charge in [-0.15, -0.1) is 0 Å². The SMILES string of the molecule is C=CCOc1ccc(C(=O)N/N=C/c2cc(Cl)c(OCc3ccc(Cl)cc3)c(OC)c2)cc1OCC. The molecule has 0 aliphatic rings. The van der Waals surface area contributed by atoms with Crippen molar-refractivity contribution in [2.24, 2.45) is 5.10 Å². The highest BCUT2D eigenvalue weighted by molar-refractivity contribution is 6.32. The van der Waals surface area contributed by atoms with Crippen LogP contribution in [0.1, 0.15) is 28.4 Å². The number of carbonyl (C=O) groups excluding carboxylic acids is 1. The first-order chi connectivity index (χ1) is 17.4. The number of hydrogen-bond donors (Lipinski definition) is 1. The maximum atomic E-state index is 12.6. The predicted molar refractivity (Wildman–Crippen MR) is 142 cm³/mol. The molecule has 36 heavy (non-hydrogen) atoms. The number of hydrogen-bond acceptors (Lipinski definition) is 6. The van der Waals surface area contributed by atoms with Crippen molar-refractivity contribution in [2.45, 2.75) is 13.5 Å². The summed E-state index contributed by atoms with van der Waals surface area (Å²) in [6.07, 6.45) is 3.09. The summed E-state index contributed by atoms with van der Waals surface area (Å²) >= 11 is 12.4. The normalized spacial score (nSPS) is 10.7. The molecule has 0 heterocycles. The Morgan fingerprint density at radius 3 is 2.47 bits per heavy atom. The number of nitrogens with one attached hydrogen (secondary N) is 1. The largest absolute Gasteiger partial charge is 0.493 e. The molecule has 0 spiro atoms. The van der Waals surface area contributed by atoms with Gasteiger partial charge in [0.1, 0.15) is 13.2 Å². The molecule has 1 N–H and O–H groups in total. The molecule has 0 bridgehead atoms. The quantitative estimate of drug-likeness (QED) is 0.169. The molecule has 7 nitrogen and oxygen atoms in total. The third-order valence-corrected chi connectivity index (χ3v) is 5.32. The highest BCUT2D eigenvalue weighted by Crippen LogP contribution is 2.36. The van der Waals surface area contributed by atoms with E-state index in [0.29, 0.717) is 57.4 Å². The molecule has 0 saturated heterocycles. The lowest BCUT2D eigenvalue weighted by atomic mass is 10.2. The van der Waals surface area contributed by atoms with Crippen LogP contribution < -0.4 is 24.4 Å². The minimum atomic E-state index is -0.413. The summed E-state index contributed by atoms with van der Waals surface area (Å²) in [4.78, 5) is 12.6. The van der Waals surface area contributed by atoms with Crippen LogP contribution >= 0.6 is 23.2 Å². The Balaban J connectivity index is 1.68.